The van der Waals surface area contributed by atoms with E-state index in [1.54, 1.807) is 6.92 Å². The van der Waals surface area contributed by atoms with E-state index in [2.05, 4.69) is 23.7 Å². The smallest absolute Gasteiger partial charge is 0.219 e. The SMILES string of the molecule is CC(=O)N1CCC2(CC1)c1cc(C#C[C@H]3O[C@H](CO)[C@@H](CO)[C@H](O)[C@@H]3O)ccc1-c1ccc(C#C[C@H]3O[C@H](CO)[C@@H](CO)[C@H](O)[C@@H]3O)cc12. The van der Waals surface area contributed by atoms with E-state index in [0.717, 1.165) is 22.3 Å². The Labute approximate surface area is 284 Å². The number of amides is 1. The zero-order valence-corrected chi connectivity index (χ0v) is 27.1. The summed E-state index contributed by atoms with van der Waals surface area (Å²) >= 11 is 0. The molecule has 0 bridgehead atoms. The fourth-order valence-corrected chi connectivity index (χ4v) is 7.79. The summed E-state index contributed by atoms with van der Waals surface area (Å²) in [6, 6.07) is 11.7. The average Bonchev–Trinajstić information content (AvgIpc) is 3.36. The molecule has 0 saturated carbocycles. The minimum atomic E-state index is -1.37. The van der Waals surface area contributed by atoms with E-state index in [0.29, 0.717) is 37.1 Å². The molecule has 1 amide bonds. The quantitative estimate of drug-likeness (QED) is 0.175. The van der Waals surface area contributed by atoms with Crippen molar-refractivity contribution in [3.8, 4) is 34.8 Å². The molecule has 262 valence electrons. The van der Waals surface area contributed by atoms with Crippen LogP contribution in [0.5, 0.6) is 0 Å². The van der Waals surface area contributed by atoms with Gasteiger partial charge in [-0.05, 0) is 59.4 Å². The summed E-state index contributed by atoms with van der Waals surface area (Å²) in [4.78, 5) is 14.1. The number of fused-ring (bicyclic) bond motifs is 5. The Morgan fingerprint density at radius 3 is 1.51 bits per heavy atom. The van der Waals surface area contributed by atoms with E-state index in [9.17, 15) is 45.6 Å². The van der Waals surface area contributed by atoms with Crippen LogP contribution in [0, 0.1) is 35.5 Å². The highest BCUT2D eigenvalue weighted by atomic mass is 16.5. The number of hydrogen-bond acceptors (Lipinski definition) is 11. The van der Waals surface area contributed by atoms with E-state index in [-0.39, 0.29) is 5.91 Å². The maximum absolute atomic E-state index is 12.3. The highest BCUT2D eigenvalue weighted by Crippen LogP contribution is 2.54. The summed E-state index contributed by atoms with van der Waals surface area (Å²) in [6.45, 7) is 0.841. The summed E-state index contributed by atoms with van der Waals surface area (Å²) in [6.07, 6.45) is -8.00. The first-order valence-electron chi connectivity index (χ1n) is 16.6. The van der Waals surface area contributed by atoms with Crippen molar-refractivity contribution < 1.29 is 55.1 Å². The molecule has 3 heterocycles. The molecular formula is C37H43NO11. The third-order valence-electron chi connectivity index (χ3n) is 10.7. The largest absolute Gasteiger partial charge is 0.396 e. The molecule has 1 aliphatic carbocycles. The second kappa shape index (κ2) is 14.5. The molecule has 3 fully saturated rings. The summed E-state index contributed by atoms with van der Waals surface area (Å²) in [7, 11) is 0. The van der Waals surface area contributed by atoms with Crippen LogP contribution in [-0.4, -0.2) is 140 Å². The monoisotopic (exact) mass is 677 g/mol. The zero-order valence-electron chi connectivity index (χ0n) is 27.1. The highest BCUT2D eigenvalue weighted by molar-refractivity contribution is 5.83. The number of benzene rings is 2. The average molecular weight is 678 g/mol. The Hall–Kier alpha value is -3.37. The molecule has 1 spiro atoms. The molecule has 49 heavy (non-hydrogen) atoms. The van der Waals surface area contributed by atoms with E-state index >= 15 is 0 Å². The minimum Gasteiger partial charge on any atom is -0.396 e. The second-order valence-electron chi connectivity index (χ2n) is 13.4. The summed E-state index contributed by atoms with van der Waals surface area (Å²) in [5.74, 6) is 10.3. The van der Waals surface area contributed by atoms with E-state index < -0.39 is 92.5 Å². The van der Waals surface area contributed by atoms with Crippen molar-refractivity contribution in [3.05, 3.63) is 58.7 Å². The van der Waals surface area contributed by atoms with Gasteiger partial charge in [0.25, 0.3) is 0 Å². The topological polar surface area (TPSA) is 201 Å². The Kier molecular flexibility index (Phi) is 10.5. The van der Waals surface area contributed by atoms with Crippen LogP contribution in [0.1, 0.15) is 42.0 Å². The number of nitrogens with zero attached hydrogens (tertiary/aromatic N) is 1. The number of carbonyl (C=O) groups is 1. The molecule has 0 aromatic heterocycles. The maximum atomic E-state index is 12.3. The van der Waals surface area contributed by atoms with Crippen molar-refractivity contribution >= 4 is 5.91 Å². The number of aliphatic hydroxyl groups excluding tert-OH is 8. The van der Waals surface area contributed by atoms with Gasteiger partial charge in [-0.25, -0.2) is 0 Å². The molecule has 12 heteroatoms. The lowest BCUT2D eigenvalue weighted by atomic mass is 9.70. The molecular weight excluding hydrogens is 634 g/mol. The van der Waals surface area contributed by atoms with Crippen LogP contribution in [0.15, 0.2) is 36.4 Å². The van der Waals surface area contributed by atoms with Crippen LogP contribution in [0.2, 0.25) is 0 Å². The van der Waals surface area contributed by atoms with Crippen molar-refractivity contribution in [3.63, 3.8) is 0 Å². The number of hydrogen-bond donors (Lipinski definition) is 8. The lowest BCUT2D eigenvalue weighted by Crippen LogP contribution is -2.56. The van der Waals surface area contributed by atoms with Gasteiger partial charge in [0.05, 0.1) is 50.8 Å². The number of aliphatic hydroxyl groups is 8. The Morgan fingerprint density at radius 2 is 1.14 bits per heavy atom. The summed E-state index contributed by atoms with van der Waals surface area (Å²) in [5, 5.41) is 80.9. The number of rotatable bonds is 4. The third kappa shape index (κ3) is 6.39. The van der Waals surface area contributed by atoms with E-state index in [1.807, 2.05) is 41.3 Å². The van der Waals surface area contributed by atoms with Crippen LogP contribution < -0.4 is 0 Å². The first-order chi connectivity index (χ1) is 23.6. The van der Waals surface area contributed by atoms with Crippen LogP contribution >= 0.6 is 0 Å². The Balaban J connectivity index is 1.33. The molecule has 2 aromatic carbocycles. The molecule has 3 aliphatic heterocycles. The molecule has 12 nitrogen and oxygen atoms in total. The number of ether oxygens (including phenoxy) is 2. The fourth-order valence-electron chi connectivity index (χ4n) is 7.79. The molecule has 3 saturated heterocycles. The van der Waals surface area contributed by atoms with Gasteiger partial charge >= 0.3 is 0 Å². The number of piperidine rings is 1. The minimum absolute atomic E-state index is 0.00299. The summed E-state index contributed by atoms with van der Waals surface area (Å²) in [5.41, 5.74) is 4.94. The van der Waals surface area contributed by atoms with Gasteiger partial charge in [-0.1, -0.05) is 35.8 Å². The summed E-state index contributed by atoms with van der Waals surface area (Å²) < 4.78 is 11.5. The van der Waals surface area contributed by atoms with Crippen molar-refractivity contribution in [2.75, 3.05) is 39.5 Å². The normalized spacial score (nSPS) is 33.1. The Bertz CT molecular complexity index is 1550. The first kappa shape index (κ1) is 35.5. The van der Waals surface area contributed by atoms with E-state index in [4.69, 9.17) is 9.47 Å². The van der Waals surface area contributed by atoms with Crippen molar-refractivity contribution in [1.29, 1.82) is 0 Å². The highest BCUT2D eigenvalue weighted by Gasteiger charge is 2.47. The van der Waals surface area contributed by atoms with Gasteiger partial charge in [-0.15, -0.1) is 0 Å². The molecule has 8 N–H and O–H groups in total. The van der Waals surface area contributed by atoms with Gasteiger partial charge in [-0.2, -0.15) is 0 Å². The predicted octanol–water partition coefficient (Wildman–Crippen LogP) is -1.52. The van der Waals surface area contributed by atoms with Gasteiger partial charge in [0.1, 0.15) is 24.4 Å². The van der Waals surface area contributed by atoms with Crippen LogP contribution in [0.4, 0.5) is 0 Å². The van der Waals surface area contributed by atoms with Gasteiger partial charge in [-0.3, -0.25) is 4.79 Å². The molecule has 0 radical (unpaired) electrons. The van der Waals surface area contributed by atoms with Crippen molar-refractivity contribution in [1.82, 2.24) is 4.90 Å². The maximum Gasteiger partial charge on any atom is 0.219 e. The molecule has 10 atom stereocenters. The third-order valence-corrected chi connectivity index (χ3v) is 10.7. The predicted molar refractivity (Wildman–Crippen MR) is 175 cm³/mol. The van der Waals surface area contributed by atoms with Crippen LogP contribution in [0.25, 0.3) is 11.1 Å². The molecule has 2 aromatic rings. The van der Waals surface area contributed by atoms with Crippen molar-refractivity contribution in [2.45, 2.75) is 74.0 Å². The Morgan fingerprint density at radius 1 is 0.714 bits per heavy atom. The molecule has 0 unspecified atom stereocenters. The second-order valence-corrected chi connectivity index (χ2v) is 13.4. The standard InChI is InChI=1S/C37H43NO11/c1-20(43)38-12-10-37(11-13-38)27-14-21(4-8-29-35(46)33(44)25(16-39)31(18-41)48-29)2-6-23(27)24-7-3-22(15-28(24)37)5-9-30-36(47)34(45)26(17-40)32(19-42)49-30/h2-3,6-7,14-15,25-26,29-36,39-42,44-47H,10-13,16-19H2,1H3/t25-,26-,29-,30-,31-,32-,33+,34+,35-,36-/m1/s1. The first-order valence-corrected chi connectivity index (χ1v) is 16.6. The lowest BCUT2D eigenvalue weighted by molar-refractivity contribution is -0.198. The van der Waals surface area contributed by atoms with Gasteiger partial charge < -0.3 is 55.2 Å². The van der Waals surface area contributed by atoms with Gasteiger partial charge in [0, 0.05) is 48.4 Å². The molecule has 4 aliphatic rings. The molecule has 6 rings (SSSR count). The zero-order chi connectivity index (χ0) is 35.0. The van der Waals surface area contributed by atoms with Crippen LogP contribution in [-0.2, 0) is 19.7 Å². The van der Waals surface area contributed by atoms with Gasteiger partial charge in [0.15, 0.2) is 0 Å². The number of likely N-dealkylation sites (tertiary alicyclic amines) is 1. The van der Waals surface area contributed by atoms with E-state index in [1.165, 1.54) is 0 Å². The number of carbonyl (C=O) groups excluding carboxylic acids is 1. The fraction of sp³-hybridized carbons (Fsp3) is 0.541. The van der Waals surface area contributed by atoms with Crippen molar-refractivity contribution in [2.24, 2.45) is 11.8 Å². The van der Waals surface area contributed by atoms with Gasteiger partial charge in [0.2, 0.25) is 5.91 Å². The lowest BCUT2D eigenvalue weighted by Gasteiger charge is -2.41. The van der Waals surface area contributed by atoms with Crippen LogP contribution in [0.3, 0.4) is 0 Å².